The van der Waals surface area contributed by atoms with Crippen molar-refractivity contribution in [2.24, 2.45) is 0 Å². The molecule has 0 spiro atoms. The molecule has 2 fully saturated rings. The molecule has 140 valence electrons. The van der Waals surface area contributed by atoms with E-state index < -0.39 is 9.84 Å². The van der Waals surface area contributed by atoms with Crippen LogP contribution in [0.2, 0.25) is 0 Å². The van der Waals surface area contributed by atoms with Gasteiger partial charge in [0.2, 0.25) is 0 Å². The SMILES string of the molecule is Cc1nccn1-c1ccc(N2CCC(NC3CCS(=O)(=O)C3)CC2)cc1. The summed E-state index contributed by atoms with van der Waals surface area (Å²) >= 11 is 0. The number of hydrogen-bond acceptors (Lipinski definition) is 5. The second-order valence-electron chi connectivity index (χ2n) is 7.39. The first kappa shape index (κ1) is 17.5. The van der Waals surface area contributed by atoms with Crippen molar-refractivity contribution >= 4 is 15.5 Å². The molecule has 0 amide bonds. The maximum absolute atomic E-state index is 11.6. The number of nitrogens with zero attached hydrogens (tertiary/aromatic N) is 3. The highest BCUT2D eigenvalue weighted by Crippen LogP contribution is 2.23. The zero-order valence-electron chi connectivity index (χ0n) is 15.1. The summed E-state index contributed by atoms with van der Waals surface area (Å²) in [5, 5.41) is 3.56. The van der Waals surface area contributed by atoms with E-state index >= 15 is 0 Å². The molecular weight excluding hydrogens is 348 g/mol. The van der Waals surface area contributed by atoms with E-state index in [2.05, 4.69) is 44.0 Å². The fourth-order valence-electron chi connectivity index (χ4n) is 4.04. The van der Waals surface area contributed by atoms with Crippen LogP contribution >= 0.6 is 0 Å². The Morgan fingerprint density at radius 2 is 1.73 bits per heavy atom. The van der Waals surface area contributed by atoms with Crippen molar-refractivity contribution in [1.29, 1.82) is 0 Å². The molecule has 2 saturated heterocycles. The zero-order valence-corrected chi connectivity index (χ0v) is 16.0. The first-order chi connectivity index (χ1) is 12.5. The molecule has 1 atom stereocenters. The van der Waals surface area contributed by atoms with E-state index in [0.717, 1.165) is 43.9 Å². The second kappa shape index (κ2) is 7.04. The Bertz CT molecular complexity index is 852. The summed E-state index contributed by atoms with van der Waals surface area (Å²) in [6.07, 6.45) is 6.66. The summed E-state index contributed by atoms with van der Waals surface area (Å²) in [5.41, 5.74) is 2.37. The number of aryl methyl sites for hydroxylation is 1. The molecule has 0 aliphatic carbocycles. The molecule has 2 aliphatic rings. The van der Waals surface area contributed by atoms with Crippen LogP contribution in [0.3, 0.4) is 0 Å². The lowest BCUT2D eigenvalue weighted by Crippen LogP contribution is -2.46. The fourth-order valence-corrected chi connectivity index (χ4v) is 5.73. The summed E-state index contributed by atoms with van der Waals surface area (Å²) < 4.78 is 25.3. The maximum atomic E-state index is 11.6. The minimum Gasteiger partial charge on any atom is -0.371 e. The van der Waals surface area contributed by atoms with Gasteiger partial charge in [-0.25, -0.2) is 13.4 Å². The van der Waals surface area contributed by atoms with Gasteiger partial charge in [-0.15, -0.1) is 0 Å². The number of imidazole rings is 1. The third-order valence-corrected chi connectivity index (χ3v) is 7.29. The predicted octanol–water partition coefficient (Wildman–Crippen LogP) is 1.93. The van der Waals surface area contributed by atoms with Crippen LogP contribution in [0.25, 0.3) is 5.69 Å². The van der Waals surface area contributed by atoms with E-state index in [-0.39, 0.29) is 6.04 Å². The van der Waals surface area contributed by atoms with Crippen LogP contribution < -0.4 is 10.2 Å². The lowest BCUT2D eigenvalue weighted by molar-refractivity contribution is 0.379. The van der Waals surface area contributed by atoms with Crippen LogP contribution in [-0.2, 0) is 9.84 Å². The number of aromatic nitrogens is 2. The van der Waals surface area contributed by atoms with Crippen LogP contribution in [0.15, 0.2) is 36.7 Å². The van der Waals surface area contributed by atoms with Crippen LogP contribution in [0.4, 0.5) is 5.69 Å². The van der Waals surface area contributed by atoms with Crippen molar-refractivity contribution < 1.29 is 8.42 Å². The third kappa shape index (κ3) is 3.78. The van der Waals surface area contributed by atoms with Gasteiger partial charge >= 0.3 is 0 Å². The number of hydrogen-bond donors (Lipinski definition) is 1. The molecule has 0 saturated carbocycles. The Balaban J connectivity index is 1.33. The van der Waals surface area contributed by atoms with Crippen LogP contribution in [0, 0.1) is 6.92 Å². The van der Waals surface area contributed by atoms with E-state index in [1.165, 1.54) is 5.69 Å². The zero-order chi connectivity index (χ0) is 18.1. The summed E-state index contributed by atoms with van der Waals surface area (Å²) in [6, 6.07) is 9.19. The number of anilines is 1. The second-order valence-corrected chi connectivity index (χ2v) is 9.62. The van der Waals surface area contributed by atoms with Gasteiger partial charge in [0.1, 0.15) is 5.82 Å². The molecular formula is C19H26N4O2S. The summed E-state index contributed by atoms with van der Waals surface area (Å²) in [6.45, 7) is 4.00. The molecule has 0 bridgehead atoms. The Labute approximate surface area is 155 Å². The van der Waals surface area contributed by atoms with Crippen LogP contribution in [-0.4, -0.2) is 54.6 Å². The van der Waals surface area contributed by atoms with Crippen molar-refractivity contribution in [2.75, 3.05) is 29.5 Å². The van der Waals surface area contributed by atoms with Gasteiger partial charge in [0, 0.05) is 48.9 Å². The van der Waals surface area contributed by atoms with E-state index in [1.54, 1.807) is 0 Å². The van der Waals surface area contributed by atoms with Gasteiger partial charge in [-0.05, 0) is 50.5 Å². The molecule has 2 aliphatic heterocycles. The highest BCUT2D eigenvalue weighted by molar-refractivity contribution is 7.91. The quantitative estimate of drug-likeness (QED) is 0.886. The van der Waals surface area contributed by atoms with Crippen molar-refractivity contribution in [1.82, 2.24) is 14.9 Å². The van der Waals surface area contributed by atoms with Gasteiger partial charge in [0.05, 0.1) is 11.5 Å². The number of rotatable bonds is 4. The van der Waals surface area contributed by atoms with Crippen molar-refractivity contribution in [3.8, 4) is 5.69 Å². The number of benzene rings is 1. The van der Waals surface area contributed by atoms with E-state index in [1.807, 2.05) is 19.3 Å². The first-order valence-corrected chi connectivity index (χ1v) is 11.1. The number of piperidine rings is 1. The minimum absolute atomic E-state index is 0.147. The van der Waals surface area contributed by atoms with Gasteiger partial charge in [-0.2, -0.15) is 0 Å². The molecule has 26 heavy (non-hydrogen) atoms. The molecule has 1 aromatic carbocycles. The van der Waals surface area contributed by atoms with Crippen molar-refractivity contribution in [3.05, 3.63) is 42.5 Å². The molecule has 1 N–H and O–H groups in total. The van der Waals surface area contributed by atoms with Crippen LogP contribution in [0.5, 0.6) is 0 Å². The predicted molar refractivity (Wildman–Crippen MR) is 104 cm³/mol. The van der Waals surface area contributed by atoms with Gasteiger partial charge in [-0.3, -0.25) is 0 Å². The molecule has 6 nitrogen and oxygen atoms in total. The van der Waals surface area contributed by atoms with Gasteiger partial charge in [-0.1, -0.05) is 0 Å². The summed E-state index contributed by atoms with van der Waals surface area (Å²) in [5.74, 6) is 1.63. The highest BCUT2D eigenvalue weighted by Gasteiger charge is 2.30. The van der Waals surface area contributed by atoms with Gasteiger partial charge < -0.3 is 14.8 Å². The normalized spacial score (nSPS) is 23.4. The average molecular weight is 375 g/mol. The summed E-state index contributed by atoms with van der Waals surface area (Å²) in [4.78, 5) is 6.68. The van der Waals surface area contributed by atoms with Crippen LogP contribution in [0.1, 0.15) is 25.1 Å². The summed E-state index contributed by atoms with van der Waals surface area (Å²) in [7, 11) is -2.81. The Hall–Kier alpha value is -1.86. The largest absolute Gasteiger partial charge is 0.371 e. The Kier molecular flexibility index (Phi) is 4.75. The number of sulfone groups is 1. The van der Waals surface area contributed by atoms with E-state index in [0.29, 0.717) is 17.5 Å². The Morgan fingerprint density at radius 3 is 2.31 bits per heavy atom. The molecule has 4 rings (SSSR count). The smallest absolute Gasteiger partial charge is 0.151 e. The average Bonchev–Trinajstić information content (AvgIpc) is 3.21. The molecule has 1 aromatic heterocycles. The molecule has 7 heteroatoms. The third-order valence-electron chi connectivity index (χ3n) is 5.52. The number of nitrogens with one attached hydrogen (secondary N) is 1. The molecule has 0 radical (unpaired) electrons. The topological polar surface area (TPSA) is 67.2 Å². The lowest BCUT2D eigenvalue weighted by atomic mass is 10.0. The fraction of sp³-hybridized carbons (Fsp3) is 0.526. The molecule has 2 aromatic rings. The van der Waals surface area contributed by atoms with Gasteiger partial charge in [0.25, 0.3) is 0 Å². The first-order valence-electron chi connectivity index (χ1n) is 9.32. The highest BCUT2D eigenvalue weighted by atomic mass is 32.2. The molecule has 3 heterocycles. The maximum Gasteiger partial charge on any atom is 0.151 e. The van der Waals surface area contributed by atoms with E-state index in [4.69, 9.17) is 0 Å². The van der Waals surface area contributed by atoms with Crippen molar-refractivity contribution in [3.63, 3.8) is 0 Å². The van der Waals surface area contributed by atoms with E-state index in [9.17, 15) is 8.42 Å². The minimum atomic E-state index is -2.81. The Morgan fingerprint density at radius 1 is 1.04 bits per heavy atom. The monoisotopic (exact) mass is 374 g/mol. The van der Waals surface area contributed by atoms with Crippen molar-refractivity contribution in [2.45, 2.75) is 38.3 Å². The standard InChI is InChI=1S/C19H26N4O2S/c1-15-20-9-12-23(15)19-4-2-18(3-5-19)22-10-6-16(7-11-22)21-17-8-13-26(24,25)14-17/h2-5,9,12,16-17,21H,6-8,10-11,13-14H2,1H3. The van der Waals surface area contributed by atoms with Gasteiger partial charge in [0.15, 0.2) is 9.84 Å². The lowest BCUT2D eigenvalue weighted by Gasteiger charge is -2.35. The molecule has 1 unspecified atom stereocenters.